The second-order valence-electron chi connectivity index (χ2n) is 2.57. The average Bonchev–Trinajstić information content (AvgIpc) is 2.32. The molecule has 0 aliphatic carbocycles. The summed E-state index contributed by atoms with van der Waals surface area (Å²) in [6.07, 6.45) is 1.25. The Balaban J connectivity index is 3.09. The largest absolute Gasteiger partial charge is 0.468 e. The van der Waals surface area contributed by atoms with Gasteiger partial charge in [0, 0.05) is 0 Å². The number of carbonyl (C=O) groups excluding carboxylic acids is 1. The molecule has 0 saturated heterocycles. The first-order valence-corrected chi connectivity index (χ1v) is 5.14. The van der Waals surface area contributed by atoms with E-state index in [0.717, 1.165) is 0 Å². The van der Waals surface area contributed by atoms with Crippen molar-refractivity contribution in [2.45, 2.75) is 11.8 Å². The Morgan fingerprint density at radius 2 is 2.23 bits per heavy atom. The molecule has 0 saturated carbocycles. The molecule has 1 amide bonds. The van der Waals surface area contributed by atoms with Gasteiger partial charge in [0.2, 0.25) is 5.91 Å². The van der Waals surface area contributed by atoms with Crippen LogP contribution in [-0.4, -0.2) is 20.1 Å². The highest BCUT2D eigenvalue weighted by molar-refractivity contribution is 7.92. The maximum absolute atomic E-state index is 11.4. The molecule has 13 heavy (non-hydrogen) atoms. The maximum Gasteiger partial charge on any atom is 0.233 e. The highest BCUT2D eigenvalue weighted by atomic mass is 32.2. The zero-order valence-electron chi connectivity index (χ0n) is 6.98. The number of amides is 1. The molecular weight excluding hydrogens is 194 g/mol. The Morgan fingerprint density at radius 3 is 2.62 bits per heavy atom. The molecule has 0 aliphatic heterocycles. The molecule has 6 heteroatoms. The van der Waals surface area contributed by atoms with Crippen LogP contribution in [0.4, 0.5) is 0 Å². The van der Waals surface area contributed by atoms with Gasteiger partial charge in [0.15, 0.2) is 9.84 Å². The van der Waals surface area contributed by atoms with Crippen LogP contribution >= 0.6 is 0 Å². The molecule has 1 aromatic rings. The van der Waals surface area contributed by atoms with Gasteiger partial charge in [0.25, 0.3) is 0 Å². The summed E-state index contributed by atoms with van der Waals surface area (Å²) in [5.74, 6) is -1.30. The monoisotopic (exact) mass is 203 g/mol. The zero-order valence-corrected chi connectivity index (χ0v) is 7.80. The number of hydrogen-bond donors (Lipinski definition) is 1. The standard InChI is InChI=1S/C7H9NO4S/c1-5-6(2-3-12-5)13(10,11)4-7(8)9/h2-3H,4H2,1H3,(H2,8,9). The maximum atomic E-state index is 11.4. The van der Waals surface area contributed by atoms with E-state index in [1.165, 1.54) is 19.3 Å². The highest BCUT2D eigenvalue weighted by Crippen LogP contribution is 2.16. The van der Waals surface area contributed by atoms with Gasteiger partial charge in [-0.05, 0) is 13.0 Å². The van der Waals surface area contributed by atoms with Crippen LogP contribution in [0.2, 0.25) is 0 Å². The van der Waals surface area contributed by atoms with E-state index in [1.54, 1.807) is 0 Å². The Bertz CT molecular complexity index is 417. The molecule has 0 bridgehead atoms. The van der Waals surface area contributed by atoms with Gasteiger partial charge >= 0.3 is 0 Å². The second kappa shape index (κ2) is 3.21. The molecule has 2 N–H and O–H groups in total. The smallest absolute Gasteiger partial charge is 0.233 e. The summed E-state index contributed by atoms with van der Waals surface area (Å²) in [6.45, 7) is 1.51. The van der Waals surface area contributed by atoms with E-state index < -0.39 is 21.5 Å². The molecule has 0 aromatic carbocycles. The predicted octanol–water partition coefficient (Wildman–Crippen LogP) is -0.153. The lowest BCUT2D eigenvalue weighted by Gasteiger charge is -1.98. The number of hydrogen-bond acceptors (Lipinski definition) is 4. The number of rotatable bonds is 3. The highest BCUT2D eigenvalue weighted by Gasteiger charge is 2.21. The summed E-state index contributed by atoms with van der Waals surface area (Å²) >= 11 is 0. The van der Waals surface area contributed by atoms with Gasteiger partial charge in [-0.15, -0.1) is 0 Å². The first-order chi connectivity index (χ1) is 5.93. The number of primary amides is 1. The van der Waals surface area contributed by atoms with Crippen molar-refractivity contribution in [3.05, 3.63) is 18.1 Å². The number of aryl methyl sites for hydroxylation is 1. The fourth-order valence-electron chi connectivity index (χ4n) is 0.961. The molecule has 0 aliphatic rings. The molecule has 1 rings (SSSR count). The Hall–Kier alpha value is -1.30. The van der Waals surface area contributed by atoms with E-state index >= 15 is 0 Å². The molecule has 5 nitrogen and oxygen atoms in total. The van der Waals surface area contributed by atoms with Crippen molar-refractivity contribution in [3.8, 4) is 0 Å². The predicted molar refractivity (Wildman–Crippen MR) is 44.7 cm³/mol. The van der Waals surface area contributed by atoms with Crippen molar-refractivity contribution in [2.24, 2.45) is 5.73 Å². The van der Waals surface area contributed by atoms with Crippen LogP contribution in [0.5, 0.6) is 0 Å². The molecule has 0 spiro atoms. The molecule has 1 aromatic heterocycles. The summed E-state index contributed by atoms with van der Waals surface area (Å²) in [6, 6.07) is 1.30. The number of carbonyl (C=O) groups is 1. The number of nitrogens with two attached hydrogens (primary N) is 1. The minimum atomic E-state index is -3.62. The van der Waals surface area contributed by atoms with Crippen molar-refractivity contribution in [3.63, 3.8) is 0 Å². The van der Waals surface area contributed by atoms with Crippen LogP contribution in [-0.2, 0) is 14.6 Å². The normalized spacial score (nSPS) is 11.5. The third kappa shape index (κ3) is 2.09. The molecule has 0 atom stereocenters. The lowest BCUT2D eigenvalue weighted by atomic mass is 10.5. The van der Waals surface area contributed by atoms with E-state index in [0.29, 0.717) is 0 Å². The second-order valence-corrected chi connectivity index (χ2v) is 4.52. The van der Waals surface area contributed by atoms with Crippen molar-refractivity contribution in [1.82, 2.24) is 0 Å². The fraction of sp³-hybridized carbons (Fsp3) is 0.286. The van der Waals surface area contributed by atoms with Crippen molar-refractivity contribution in [2.75, 3.05) is 5.75 Å². The molecule has 72 valence electrons. The quantitative estimate of drug-likeness (QED) is 0.739. The van der Waals surface area contributed by atoms with Crippen molar-refractivity contribution < 1.29 is 17.6 Å². The third-order valence-corrected chi connectivity index (χ3v) is 3.24. The van der Waals surface area contributed by atoms with Crippen LogP contribution < -0.4 is 5.73 Å². The van der Waals surface area contributed by atoms with E-state index in [1.807, 2.05) is 0 Å². The minimum absolute atomic E-state index is 0.0197. The average molecular weight is 203 g/mol. The van der Waals surface area contributed by atoms with Crippen LogP contribution in [0.1, 0.15) is 5.76 Å². The van der Waals surface area contributed by atoms with Gasteiger partial charge in [0.1, 0.15) is 16.4 Å². The van der Waals surface area contributed by atoms with Crippen LogP contribution in [0, 0.1) is 6.92 Å². The summed E-state index contributed by atoms with van der Waals surface area (Å²) in [5, 5.41) is 0. The number of furan rings is 1. The van der Waals surface area contributed by atoms with Crippen molar-refractivity contribution >= 4 is 15.7 Å². The lowest BCUT2D eigenvalue weighted by molar-refractivity contribution is -0.115. The van der Waals surface area contributed by atoms with E-state index in [2.05, 4.69) is 0 Å². The Morgan fingerprint density at radius 1 is 1.62 bits per heavy atom. The summed E-state index contributed by atoms with van der Waals surface area (Å²) in [5.41, 5.74) is 4.79. The number of sulfone groups is 1. The molecule has 0 radical (unpaired) electrons. The Kier molecular flexibility index (Phi) is 2.42. The van der Waals surface area contributed by atoms with Gasteiger partial charge in [-0.1, -0.05) is 0 Å². The van der Waals surface area contributed by atoms with Crippen LogP contribution in [0.25, 0.3) is 0 Å². The van der Waals surface area contributed by atoms with Crippen LogP contribution in [0.3, 0.4) is 0 Å². The summed E-state index contributed by atoms with van der Waals surface area (Å²) in [4.78, 5) is 10.5. The topological polar surface area (TPSA) is 90.4 Å². The molecular formula is C7H9NO4S. The van der Waals surface area contributed by atoms with Gasteiger partial charge < -0.3 is 10.2 Å². The van der Waals surface area contributed by atoms with E-state index in [9.17, 15) is 13.2 Å². The van der Waals surface area contributed by atoms with E-state index in [4.69, 9.17) is 10.2 Å². The fourth-order valence-corrected chi connectivity index (χ4v) is 2.24. The summed E-state index contributed by atoms with van der Waals surface area (Å²) in [7, 11) is -3.62. The Labute approximate surface area is 75.4 Å². The van der Waals surface area contributed by atoms with Crippen molar-refractivity contribution in [1.29, 1.82) is 0 Å². The molecule has 0 unspecified atom stereocenters. The SMILES string of the molecule is Cc1occc1S(=O)(=O)CC(N)=O. The van der Waals surface area contributed by atoms with Gasteiger partial charge in [-0.2, -0.15) is 0 Å². The lowest BCUT2D eigenvalue weighted by Crippen LogP contribution is -2.23. The summed E-state index contributed by atoms with van der Waals surface area (Å²) < 4.78 is 27.5. The zero-order chi connectivity index (χ0) is 10.1. The van der Waals surface area contributed by atoms with Crippen LogP contribution in [0.15, 0.2) is 21.6 Å². The van der Waals surface area contributed by atoms with Gasteiger partial charge in [-0.3, -0.25) is 4.79 Å². The first kappa shape index (κ1) is 9.79. The van der Waals surface area contributed by atoms with Gasteiger partial charge in [0.05, 0.1) is 6.26 Å². The van der Waals surface area contributed by atoms with E-state index in [-0.39, 0.29) is 10.7 Å². The van der Waals surface area contributed by atoms with Gasteiger partial charge in [-0.25, -0.2) is 8.42 Å². The first-order valence-electron chi connectivity index (χ1n) is 3.48. The third-order valence-electron chi connectivity index (χ3n) is 1.48. The molecule has 1 heterocycles. The molecule has 0 fully saturated rings. The minimum Gasteiger partial charge on any atom is -0.468 e.